The van der Waals surface area contributed by atoms with E-state index in [2.05, 4.69) is 19.3 Å². The van der Waals surface area contributed by atoms with Crippen LogP contribution in [-0.4, -0.2) is 19.8 Å². The van der Waals surface area contributed by atoms with Crippen molar-refractivity contribution in [2.75, 3.05) is 13.7 Å². The van der Waals surface area contributed by atoms with E-state index in [-0.39, 0.29) is 0 Å². The summed E-state index contributed by atoms with van der Waals surface area (Å²) in [4.78, 5) is 0. The normalized spacial score (nSPS) is 16.0. The number of ether oxygens (including phenoxy) is 1. The molecule has 0 heterocycles. The summed E-state index contributed by atoms with van der Waals surface area (Å²) in [6.07, 6.45) is 3.35. The van der Waals surface area contributed by atoms with Crippen molar-refractivity contribution in [1.29, 1.82) is 0 Å². The summed E-state index contributed by atoms with van der Waals surface area (Å²) < 4.78 is 4.99. The van der Waals surface area contributed by atoms with E-state index in [0.717, 1.165) is 25.4 Å². The third-order valence-electron chi connectivity index (χ3n) is 2.29. The number of hydrogen-bond acceptors (Lipinski definition) is 3. The lowest BCUT2D eigenvalue weighted by Crippen LogP contribution is -2.37. The van der Waals surface area contributed by atoms with Gasteiger partial charge in [-0.1, -0.05) is 20.3 Å². The van der Waals surface area contributed by atoms with Crippen LogP contribution in [0.2, 0.25) is 0 Å². The van der Waals surface area contributed by atoms with E-state index in [1.54, 1.807) is 7.11 Å². The first kappa shape index (κ1) is 11.9. The van der Waals surface area contributed by atoms with Crippen LogP contribution in [0.1, 0.15) is 33.1 Å². The fraction of sp³-hybridized carbons (Fsp3) is 1.00. The van der Waals surface area contributed by atoms with E-state index in [1.165, 1.54) is 6.42 Å². The summed E-state index contributed by atoms with van der Waals surface area (Å²) in [6.45, 7) is 5.23. The van der Waals surface area contributed by atoms with Crippen molar-refractivity contribution >= 4 is 0 Å². The molecule has 0 fully saturated rings. The first-order valence-corrected chi connectivity index (χ1v) is 4.69. The van der Waals surface area contributed by atoms with Gasteiger partial charge in [0.05, 0.1) is 0 Å². The van der Waals surface area contributed by atoms with Gasteiger partial charge in [0.25, 0.3) is 0 Å². The Bertz CT molecular complexity index is 98.5. The number of hydrazine groups is 1. The van der Waals surface area contributed by atoms with Crippen molar-refractivity contribution in [1.82, 2.24) is 5.43 Å². The fourth-order valence-electron chi connectivity index (χ4n) is 1.18. The second-order valence-electron chi connectivity index (χ2n) is 3.39. The molecule has 12 heavy (non-hydrogen) atoms. The molecule has 0 rings (SSSR count). The van der Waals surface area contributed by atoms with Gasteiger partial charge in [0.2, 0.25) is 0 Å². The zero-order valence-electron chi connectivity index (χ0n) is 8.47. The minimum atomic E-state index is 0.403. The van der Waals surface area contributed by atoms with Gasteiger partial charge in [-0.25, -0.2) is 0 Å². The molecule has 0 saturated carbocycles. The Morgan fingerprint density at radius 1 is 1.50 bits per heavy atom. The number of rotatable bonds is 7. The molecule has 0 radical (unpaired) electrons. The van der Waals surface area contributed by atoms with Gasteiger partial charge in [0.1, 0.15) is 0 Å². The smallest absolute Gasteiger partial charge is 0.0477 e. The van der Waals surface area contributed by atoms with Crippen LogP contribution in [-0.2, 0) is 4.74 Å². The zero-order chi connectivity index (χ0) is 9.40. The lowest BCUT2D eigenvalue weighted by atomic mass is 9.98. The van der Waals surface area contributed by atoms with Gasteiger partial charge in [0.15, 0.2) is 0 Å². The molecule has 0 aliphatic heterocycles. The Kier molecular flexibility index (Phi) is 7.45. The van der Waals surface area contributed by atoms with Crippen LogP contribution >= 0.6 is 0 Å². The fourth-order valence-corrected chi connectivity index (χ4v) is 1.18. The second kappa shape index (κ2) is 7.53. The van der Waals surface area contributed by atoms with Crippen molar-refractivity contribution in [2.24, 2.45) is 11.8 Å². The second-order valence-corrected chi connectivity index (χ2v) is 3.39. The van der Waals surface area contributed by atoms with Crippen molar-refractivity contribution in [3.8, 4) is 0 Å². The molecule has 0 aromatic heterocycles. The van der Waals surface area contributed by atoms with Crippen molar-refractivity contribution in [2.45, 2.75) is 39.2 Å². The average molecular weight is 174 g/mol. The van der Waals surface area contributed by atoms with Crippen molar-refractivity contribution < 1.29 is 4.74 Å². The molecule has 2 unspecified atom stereocenters. The van der Waals surface area contributed by atoms with Gasteiger partial charge < -0.3 is 4.74 Å². The molecule has 0 amide bonds. The Balaban J connectivity index is 3.51. The Morgan fingerprint density at radius 2 is 2.17 bits per heavy atom. The highest BCUT2D eigenvalue weighted by molar-refractivity contribution is 4.66. The maximum Gasteiger partial charge on any atom is 0.0477 e. The third kappa shape index (κ3) is 5.52. The van der Waals surface area contributed by atoms with Gasteiger partial charge in [-0.15, -0.1) is 0 Å². The molecule has 0 aromatic rings. The first-order chi connectivity index (χ1) is 5.74. The maximum absolute atomic E-state index is 5.41. The lowest BCUT2D eigenvalue weighted by Gasteiger charge is -2.18. The molecule has 2 atom stereocenters. The first-order valence-electron chi connectivity index (χ1n) is 4.69. The molecule has 3 heteroatoms. The van der Waals surface area contributed by atoms with E-state index >= 15 is 0 Å². The van der Waals surface area contributed by atoms with Gasteiger partial charge in [-0.2, -0.15) is 0 Å². The predicted molar refractivity (Wildman–Crippen MR) is 51.7 cm³/mol. The van der Waals surface area contributed by atoms with E-state index in [9.17, 15) is 0 Å². The number of nitrogens with one attached hydrogen (secondary N) is 1. The molecule has 3 N–H and O–H groups in total. The van der Waals surface area contributed by atoms with Gasteiger partial charge in [0, 0.05) is 19.8 Å². The highest BCUT2D eigenvalue weighted by atomic mass is 16.5. The van der Waals surface area contributed by atoms with Crippen LogP contribution in [0.5, 0.6) is 0 Å². The molecule has 0 aliphatic carbocycles. The number of hydrogen-bond donors (Lipinski definition) is 2. The monoisotopic (exact) mass is 174 g/mol. The molecule has 3 nitrogen and oxygen atoms in total. The van der Waals surface area contributed by atoms with Crippen LogP contribution in [0.4, 0.5) is 0 Å². The van der Waals surface area contributed by atoms with Gasteiger partial charge in [-0.3, -0.25) is 11.3 Å². The van der Waals surface area contributed by atoms with Crippen LogP contribution in [0.15, 0.2) is 0 Å². The summed E-state index contributed by atoms with van der Waals surface area (Å²) in [7, 11) is 1.72. The van der Waals surface area contributed by atoms with Crippen LogP contribution in [0.3, 0.4) is 0 Å². The third-order valence-corrected chi connectivity index (χ3v) is 2.29. The maximum atomic E-state index is 5.41. The average Bonchev–Trinajstić information content (AvgIpc) is 2.11. The largest absolute Gasteiger partial charge is 0.385 e. The summed E-state index contributed by atoms with van der Waals surface area (Å²) in [5.74, 6) is 6.15. The topological polar surface area (TPSA) is 47.3 Å². The number of nitrogens with two attached hydrogens (primary N) is 1. The summed E-state index contributed by atoms with van der Waals surface area (Å²) in [5.41, 5.74) is 2.82. The van der Waals surface area contributed by atoms with E-state index in [0.29, 0.717) is 6.04 Å². The lowest BCUT2D eigenvalue weighted by molar-refractivity contribution is 0.177. The molecular weight excluding hydrogens is 152 g/mol. The summed E-state index contributed by atoms with van der Waals surface area (Å²) in [6, 6.07) is 0.403. The Hall–Kier alpha value is -0.120. The SMILES string of the molecule is CCC(C)CC(CCOC)NN. The van der Waals surface area contributed by atoms with Crippen LogP contribution in [0, 0.1) is 5.92 Å². The molecule has 0 aliphatic rings. The summed E-state index contributed by atoms with van der Waals surface area (Å²) in [5, 5.41) is 0. The number of methoxy groups -OCH3 is 1. The van der Waals surface area contributed by atoms with E-state index in [4.69, 9.17) is 10.6 Å². The molecule has 0 spiro atoms. The molecule has 0 saturated heterocycles. The van der Waals surface area contributed by atoms with Crippen molar-refractivity contribution in [3.63, 3.8) is 0 Å². The van der Waals surface area contributed by atoms with Crippen LogP contribution in [0.25, 0.3) is 0 Å². The predicted octanol–water partition coefficient (Wildman–Crippen LogP) is 1.29. The molecule has 0 aromatic carbocycles. The quantitative estimate of drug-likeness (QED) is 0.451. The molecular formula is C9H22N2O. The van der Waals surface area contributed by atoms with E-state index in [1.807, 2.05) is 0 Å². The zero-order valence-corrected chi connectivity index (χ0v) is 8.47. The minimum Gasteiger partial charge on any atom is -0.385 e. The summed E-state index contributed by atoms with van der Waals surface area (Å²) >= 11 is 0. The van der Waals surface area contributed by atoms with Crippen molar-refractivity contribution in [3.05, 3.63) is 0 Å². The van der Waals surface area contributed by atoms with Gasteiger partial charge >= 0.3 is 0 Å². The Morgan fingerprint density at radius 3 is 2.58 bits per heavy atom. The molecule has 74 valence electrons. The highest BCUT2D eigenvalue weighted by Crippen LogP contribution is 2.11. The molecule has 0 bridgehead atoms. The minimum absolute atomic E-state index is 0.403. The highest BCUT2D eigenvalue weighted by Gasteiger charge is 2.09. The Labute approximate surface area is 75.6 Å². The van der Waals surface area contributed by atoms with E-state index < -0.39 is 0 Å². The standard InChI is InChI=1S/C9H22N2O/c1-4-8(2)7-9(11-10)5-6-12-3/h8-9,11H,4-7,10H2,1-3H3. The van der Waals surface area contributed by atoms with Crippen LogP contribution < -0.4 is 11.3 Å². The van der Waals surface area contributed by atoms with Gasteiger partial charge in [-0.05, 0) is 18.8 Å².